The van der Waals surface area contributed by atoms with E-state index in [-0.39, 0.29) is 4.90 Å². The molecule has 1 heterocycles. The molecule has 0 amide bonds. The molecule has 0 bridgehead atoms. The Labute approximate surface area is 238 Å². The lowest BCUT2D eigenvalue weighted by Gasteiger charge is -2.15. The van der Waals surface area contributed by atoms with Crippen molar-refractivity contribution in [2.45, 2.75) is 25.2 Å². The molecule has 40 heavy (non-hydrogen) atoms. The SMILES string of the molecule is Cc1cc(C)nc(NC(=NCCc2ccc(S(N)(=O)=O)cc2)NC(=S)Nc2ccc(Oc3ccccc3)cc2)n1. The number of aromatic nitrogens is 2. The van der Waals surface area contributed by atoms with Crippen molar-refractivity contribution >= 4 is 44.9 Å². The number of hydrogen-bond donors (Lipinski definition) is 4. The molecule has 5 N–H and O–H groups in total. The molecule has 206 valence electrons. The van der Waals surface area contributed by atoms with Crippen LogP contribution in [0.1, 0.15) is 17.0 Å². The van der Waals surface area contributed by atoms with E-state index in [0.29, 0.717) is 35.7 Å². The summed E-state index contributed by atoms with van der Waals surface area (Å²) in [7, 11) is -3.74. The van der Waals surface area contributed by atoms with Crippen LogP contribution in [0.4, 0.5) is 11.6 Å². The number of aliphatic imine (C=N–C) groups is 1. The Bertz CT molecular complexity index is 1570. The van der Waals surface area contributed by atoms with Crippen LogP contribution in [0.2, 0.25) is 0 Å². The van der Waals surface area contributed by atoms with Crippen molar-refractivity contribution in [3.05, 3.63) is 102 Å². The Morgan fingerprint density at radius 2 is 1.52 bits per heavy atom. The maximum absolute atomic E-state index is 11.5. The maximum Gasteiger partial charge on any atom is 0.238 e. The minimum absolute atomic E-state index is 0.0619. The van der Waals surface area contributed by atoms with E-state index in [1.807, 2.05) is 74.5 Å². The predicted molar refractivity (Wildman–Crippen MR) is 161 cm³/mol. The summed E-state index contributed by atoms with van der Waals surface area (Å²) in [5.74, 6) is 2.18. The number of nitrogens with two attached hydrogens (primary N) is 1. The molecule has 0 aliphatic carbocycles. The molecule has 0 radical (unpaired) electrons. The predicted octanol–water partition coefficient (Wildman–Crippen LogP) is 4.53. The van der Waals surface area contributed by atoms with Crippen LogP contribution < -0.4 is 25.8 Å². The minimum Gasteiger partial charge on any atom is -0.457 e. The summed E-state index contributed by atoms with van der Waals surface area (Å²) >= 11 is 5.53. The normalized spacial score (nSPS) is 11.5. The summed E-state index contributed by atoms with van der Waals surface area (Å²) in [5.41, 5.74) is 3.28. The highest BCUT2D eigenvalue weighted by Gasteiger charge is 2.09. The van der Waals surface area contributed by atoms with Gasteiger partial charge in [0.1, 0.15) is 11.5 Å². The molecule has 10 nitrogen and oxygen atoms in total. The Morgan fingerprint density at radius 3 is 2.15 bits per heavy atom. The van der Waals surface area contributed by atoms with E-state index in [1.54, 1.807) is 12.1 Å². The second kappa shape index (κ2) is 13.1. The highest BCUT2D eigenvalue weighted by molar-refractivity contribution is 7.89. The number of guanidine groups is 1. The van der Waals surface area contributed by atoms with Gasteiger partial charge in [0.15, 0.2) is 5.11 Å². The molecule has 0 saturated carbocycles. The first kappa shape index (κ1) is 28.6. The van der Waals surface area contributed by atoms with Crippen molar-refractivity contribution in [2.75, 3.05) is 17.2 Å². The number of ether oxygens (including phenoxy) is 1. The molecule has 0 unspecified atom stereocenters. The van der Waals surface area contributed by atoms with E-state index in [4.69, 9.17) is 22.1 Å². The third-order valence-corrected chi connectivity index (χ3v) is 6.59. The average molecular weight is 576 g/mol. The lowest BCUT2D eigenvalue weighted by Crippen LogP contribution is -2.39. The number of primary sulfonamides is 1. The smallest absolute Gasteiger partial charge is 0.238 e. The van der Waals surface area contributed by atoms with E-state index < -0.39 is 10.0 Å². The van der Waals surface area contributed by atoms with Gasteiger partial charge < -0.3 is 15.4 Å². The lowest BCUT2D eigenvalue weighted by molar-refractivity contribution is 0.483. The van der Waals surface area contributed by atoms with Gasteiger partial charge in [0.2, 0.25) is 21.9 Å². The first-order valence-electron chi connectivity index (χ1n) is 12.3. The van der Waals surface area contributed by atoms with E-state index in [2.05, 4.69) is 30.9 Å². The molecule has 0 aliphatic rings. The van der Waals surface area contributed by atoms with Crippen LogP contribution in [0.3, 0.4) is 0 Å². The second-order valence-corrected chi connectivity index (χ2v) is 10.8. The van der Waals surface area contributed by atoms with Crippen molar-refractivity contribution in [2.24, 2.45) is 10.1 Å². The number of benzene rings is 3. The van der Waals surface area contributed by atoms with E-state index in [9.17, 15) is 8.42 Å². The molecular formula is C28H29N7O3S2. The Morgan fingerprint density at radius 1 is 0.900 bits per heavy atom. The van der Waals surface area contributed by atoms with Gasteiger partial charge in [0.05, 0.1) is 4.90 Å². The van der Waals surface area contributed by atoms with Gasteiger partial charge in [-0.1, -0.05) is 30.3 Å². The van der Waals surface area contributed by atoms with Crippen LogP contribution >= 0.6 is 12.2 Å². The largest absolute Gasteiger partial charge is 0.457 e. The quantitative estimate of drug-likeness (QED) is 0.135. The van der Waals surface area contributed by atoms with Gasteiger partial charge in [-0.05, 0) is 92.6 Å². The topological polar surface area (TPSA) is 144 Å². The van der Waals surface area contributed by atoms with Gasteiger partial charge in [0, 0.05) is 23.6 Å². The third kappa shape index (κ3) is 8.83. The van der Waals surface area contributed by atoms with Crippen LogP contribution in [0, 0.1) is 13.8 Å². The zero-order valence-corrected chi connectivity index (χ0v) is 23.6. The van der Waals surface area contributed by atoms with Crippen molar-refractivity contribution in [3.63, 3.8) is 0 Å². The highest BCUT2D eigenvalue weighted by Crippen LogP contribution is 2.22. The highest BCUT2D eigenvalue weighted by atomic mass is 32.2. The summed E-state index contributed by atoms with van der Waals surface area (Å²) < 4.78 is 28.8. The van der Waals surface area contributed by atoms with Gasteiger partial charge in [-0.25, -0.2) is 23.5 Å². The minimum atomic E-state index is -3.74. The van der Waals surface area contributed by atoms with Crippen LogP contribution in [0.5, 0.6) is 11.5 Å². The van der Waals surface area contributed by atoms with Gasteiger partial charge >= 0.3 is 0 Å². The molecule has 4 rings (SSSR count). The fourth-order valence-corrected chi connectivity index (χ4v) is 4.37. The number of rotatable bonds is 8. The zero-order valence-electron chi connectivity index (χ0n) is 22.0. The summed E-state index contributed by atoms with van der Waals surface area (Å²) in [4.78, 5) is 13.5. The summed E-state index contributed by atoms with van der Waals surface area (Å²) in [6.45, 7) is 4.14. The van der Waals surface area contributed by atoms with E-state index >= 15 is 0 Å². The number of sulfonamides is 1. The van der Waals surface area contributed by atoms with Crippen molar-refractivity contribution in [1.82, 2.24) is 15.3 Å². The molecule has 0 spiro atoms. The summed E-state index contributed by atoms with van der Waals surface area (Å²) in [5, 5.41) is 14.8. The van der Waals surface area contributed by atoms with Crippen molar-refractivity contribution in [1.29, 1.82) is 0 Å². The molecule has 0 saturated heterocycles. The molecule has 12 heteroatoms. The number of hydrogen-bond acceptors (Lipinski definition) is 7. The molecule has 0 fully saturated rings. The molecular weight excluding hydrogens is 546 g/mol. The molecule has 4 aromatic rings. The van der Waals surface area contributed by atoms with Crippen molar-refractivity contribution in [3.8, 4) is 11.5 Å². The molecule has 3 aromatic carbocycles. The average Bonchev–Trinajstić information content (AvgIpc) is 2.89. The van der Waals surface area contributed by atoms with Crippen LogP contribution in [0.25, 0.3) is 0 Å². The van der Waals surface area contributed by atoms with Crippen LogP contribution in [-0.2, 0) is 16.4 Å². The van der Waals surface area contributed by atoms with Gasteiger partial charge in [-0.2, -0.15) is 0 Å². The standard InChI is InChI=1S/C28H29N7O3S2/c1-19-18-20(2)32-27(31-19)34-26(30-17-16-21-8-14-25(15-9-21)40(29,36)37)35-28(39)33-22-10-12-24(13-11-22)38-23-6-4-3-5-7-23/h3-15,18H,16-17H2,1-2H3,(H2,29,36,37)(H3,30,31,32,33,34,35,39). The third-order valence-electron chi connectivity index (χ3n) is 5.46. The van der Waals surface area contributed by atoms with Gasteiger partial charge in [-0.3, -0.25) is 10.3 Å². The van der Waals surface area contributed by atoms with E-state index in [1.165, 1.54) is 12.1 Å². The van der Waals surface area contributed by atoms with Gasteiger partial charge in [0.25, 0.3) is 0 Å². The van der Waals surface area contributed by atoms with Gasteiger partial charge in [-0.15, -0.1) is 0 Å². The Kier molecular flexibility index (Phi) is 9.38. The maximum atomic E-state index is 11.5. The fraction of sp³-hybridized carbons (Fsp3) is 0.143. The van der Waals surface area contributed by atoms with E-state index in [0.717, 1.165) is 28.4 Å². The zero-order chi connectivity index (χ0) is 28.5. The summed E-state index contributed by atoms with van der Waals surface area (Å²) in [6, 6.07) is 25.2. The monoisotopic (exact) mass is 575 g/mol. The Balaban J connectivity index is 1.42. The van der Waals surface area contributed by atoms with Crippen LogP contribution in [0.15, 0.2) is 94.8 Å². The van der Waals surface area contributed by atoms with Crippen molar-refractivity contribution < 1.29 is 13.2 Å². The number of thiocarbonyl (C=S) groups is 1. The van der Waals surface area contributed by atoms with Crippen LogP contribution in [-0.4, -0.2) is 36.0 Å². The first-order valence-corrected chi connectivity index (χ1v) is 14.3. The second-order valence-electron chi connectivity index (χ2n) is 8.79. The molecule has 0 atom stereocenters. The number of aryl methyl sites for hydroxylation is 2. The number of para-hydroxylation sites is 1. The number of nitrogens with zero attached hydrogens (tertiary/aromatic N) is 3. The number of anilines is 2. The molecule has 1 aromatic heterocycles. The molecule has 0 aliphatic heterocycles. The number of nitrogens with one attached hydrogen (secondary N) is 3. The first-order chi connectivity index (χ1) is 19.1. The summed E-state index contributed by atoms with van der Waals surface area (Å²) in [6.07, 6.45) is 0.550. The fourth-order valence-electron chi connectivity index (χ4n) is 3.64. The Hall–Kier alpha value is -4.39. The lowest BCUT2D eigenvalue weighted by atomic mass is 10.1.